The van der Waals surface area contributed by atoms with Gasteiger partial charge in [0.2, 0.25) is 0 Å². The number of piperidine rings is 1. The number of aromatic hydroxyl groups is 1. The fraction of sp³-hybridized carbons (Fsp3) is 0.429. The average Bonchev–Trinajstić information content (AvgIpc) is 2.73. The van der Waals surface area contributed by atoms with Crippen molar-refractivity contribution in [3.63, 3.8) is 0 Å². The molecule has 0 radical (unpaired) electrons. The lowest BCUT2D eigenvalue weighted by atomic mass is 10.1. The first-order valence-electron chi connectivity index (χ1n) is 9.76. The molecule has 3 rings (SSSR count). The summed E-state index contributed by atoms with van der Waals surface area (Å²) < 4.78 is 5.09. The third-order valence-corrected chi connectivity index (χ3v) is 4.82. The molecule has 0 saturated carbocycles. The number of guanidine groups is 1. The van der Waals surface area contributed by atoms with Crippen LogP contribution in [0.5, 0.6) is 11.5 Å². The van der Waals surface area contributed by atoms with E-state index < -0.39 is 0 Å². The zero-order valence-corrected chi connectivity index (χ0v) is 19.3. The molecular weight excluding hydrogens is 481 g/mol. The van der Waals surface area contributed by atoms with Crippen LogP contribution in [0.1, 0.15) is 25.3 Å². The van der Waals surface area contributed by atoms with Gasteiger partial charge in [-0.05, 0) is 49.6 Å². The van der Waals surface area contributed by atoms with Crippen LogP contribution in [0.2, 0.25) is 0 Å². The van der Waals surface area contributed by atoms with Crippen molar-refractivity contribution >= 4 is 35.8 Å². The number of phenolic OH excluding ortho intramolecular Hbond substituents is 1. The van der Waals surface area contributed by atoms with Crippen LogP contribution in [0, 0.1) is 0 Å². The highest BCUT2D eigenvalue weighted by molar-refractivity contribution is 14.0. The number of pyridine rings is 1. The molecule has 1 aliphatic rings. The Balaban J connectivity index is 0.00000300. The van der Waals surface area contributed by atoms with Crippen molar-refractivity contribution < 1.29 is 9.84 Å². The molecule has 1 saturated heterocycles. The molecule has 29 heavy (non-hydrogen) atoms. The van der Waals surface area contributed by atoms with Crippen LogP contribution < -0.4 is 20.3 Å². The van der Waals surface area contributed by atoms with Crippen molar-refractivity contribution in [1.29, 1.82) is 0 Å². The molecule has 0 bridgehead atoms. The maximum absolute atomic E-state index is 9.93. The van der Waals surface area contributed by atoms with E-state index in [4.69, 9.17) is 4.74 Å². The lowest BCUT2D eigenvalue weighted by molar-refractivity contribution is 0.373. The lowest BCUT2D eigenvalue weighted by Gasteiger charge is -2.33. The molecule has 0 amide bonds. The van der Waals surface area contributed by atoms with E-state index in [1.54, 1.807) is 19.2 Å². The van der Waals surface area contributed by atoms with Gasteiger partial charge in [-0.1, -0.05) is 12.1 Å². The molecule has 8 heteroatoms. The number of nitrogens with zero attached hydrogens (tertiary/aromatic N) is 3. The summed E-state index contributed by atoms with van der Waals surface area (Å²) in [5, 5.41) is 16.8. The largest absolute Gasteiger partial charge is 0.504 e. The van der Waals surface area contributed by atoms with Gasteiger partial charge in [-0.2, -0.15) is 0 Å². The highest BCUT2D eigenvalue weighted by Crippen LogP contribution is 2.26. The average molecular weight is 511 g/mol. The molecule has 1 aliphatic heterocycles. The van der Waals surface area contributed by atoms with Gasteiger partial charge in [0, 0.05) is 31.9 Å². The molecule has 1 aromatic carbocycles. The Hall–Kier alpha value is -2.23. The minimum absolute atomic E-state index is 0. The van der Waals surface area contributed by atoms with Crippen LogP contribution in [0.25, 0.3) is 0 Å². The van der Waals surface area contributed by atoms with Gasteiger partial charge in [-0.3, -0.25) is 0 Å². The van der Waals surface area contributed by atoms with Crippen LogP contribution in [0.3, 0.4) is 0 Å². The molecular formula is C21H30IN5O2. The number of nitrogens with one attached hydrogen (secondary N) is 2. The zero-order chi connectivity index (χ0) is 19.8. The number of anilines is 1. The summed E-state index contributed by atoms with van der Waals surface area (Å²) in [5.74, 6) is 2.45. The van der Waals surface area contributed by atoms with E-state index in [9.17, 15) is 5.11 Å². The van der Waals surface area contributed by atoms with Crippen LogP contribution in [-0.4, -0.2) is 48.8 Å². The van der Waals surface area contributed by atoms with Crippen LogP contribution in [0.4, 0.5) is 5.82 Å². The van der Waals surface area contributed by atoms with Crippen molar-refractivity contribution in [3.05, 3.63) is 48.2 Å². The summed E-state index contributed by atoms with van der Waals surface area (Å²) in [5.41, 5.74) is 0.931. The monoisotopic (exact) mass is 511 g/mol. The van der Waals surface area contributed by atoms with Gasteiger partial charge in [-0.15, -0.1) is 24.0 Å². The van der Waals surface area contributed by atoms with Gasteiger partial charge in [-0.25, -0.2) is 9.98 Å². The van der Waals surface area contributed by atoms with Gasteiger partial charge in [0.15, 0.2) is 17.5 Å². The molecule has 0 spiro atoms. The minimum Gasteiger partial charge on any atom is -0.504 e. The highest BCUT2D eigenvalue weighted by atomic mass is 127. The predicted molar refractivity (Wildman–Crippen MR) is 127 cm³/mol. The normalized spacial score (nSPS) is 14.8. The molecule has 3 N–H and O–H groups in total. The lowest BCUT2D eigenvalue weighted by Crippen LogP contribution is -2.48. The van der Waals surface area contributed by atoms with Gasteiger partial charge in [0.05, 0.1) is 13.7 Å². The van der Waals surface area contributed by atoms with Crippen molar-refractivity contribution in [2.75, 3.05) is 31.6 Å². The molecule has 158 valence electrons. The summed E-state index contributed by atoms with van der Waals surface area (Å²) in [6.07, 6.45) is 3.90. The van der Waals surface area contributed by atoms with Crippen molar-refractivity contribution in [2.24, 2.45) is 4.99 Å². The Morgan fingerprint density at radius 3 is 2.69 bits per heavy atom. The van der Waals surface area contributed by atoms with Gasteiger partial charge in [0.1, 0.15) is 5.82 Å². The van der Waals surface area contributed by atoms with E-state index in [-0.39, 0.29) is 29.7 Å². The third kappa shape index (κ3) is 6.66. The van der Waals surface area contributed by atoms with Gasteiger partial charge in [0.25, 0.3) is 0 Å². The minimum atomic E-state index is 0. The maximum Gasteiger partial charge on any atom is 0.191 e. The summed E-state index contributed by atoms with van der Waals surface area (Å²) in [4.78, 5) is 11.4. The Kier molecular flexibility index (Phi) is 9.30. The van der Waals surface area contributed by atoms with E-state index in [1.165, 1.54) is 0 Å². The molecule has 7 nitrogen and oxygen atoms in total. The number of halogens is 1. The molecule has 1 fully saturated rings. The fourth-order valence-electron chi connectivity index (χ4n) is 3.31. The summed E-state index contributed by atoms with van der Waals surface area (Å²) in [6, 6.07) is 11.8. The molecule has 2 heterocycles. The van der Waals surface area contributed by atoms with E-state index in [0.717, 1.165) is 49.8 Å². The molecule has 1 aromatic heterocycles. The number of aliphatic imine (C=N–C) groups is 1. The Labute approximate surface area is 189 Å². The van der Waals surface area contributed by atoms with E-state index in [0.29, 0.717) is 18.3 Å². The van der Waals surface area contributed by atoms with Crippen molar-refractivity contribution in [1.82, 2.24) is 15.6 Å². The number of aromatic nitrogens is 1. The first-order chi connectivity index (χ1) is 13.7. The van der Waals surface area contributed by atoms with Crippen LogP contribution in [-0.2, 0) is 6.54 Å². The van der Waals surface area contributed by atoms with Gasteiger partial charge >= 0.3 is 0 Å². The zero-order valence-electron chi connectivity index (χ0n) is 17.0. The second-order valence-corrected chi connectivity index (χ2v) is 6.79. The van der Waals surface area contributed by atoms with Crippen LogP contribution >= 0.6 is 24.0 Å². The summed E-state index contributed by atoms with van der Waals surface area (Å²) in [6.45, 7) is 5.28. The number of hydrogen-bond acceptors (Lipinski definition) is 5. The second kappa shape index (κ2) is 11.7. The quantitative estimate of drug-likeness (QED) is 0.314. The standard InChI is InChI=1S/C21H29N5O2.HI/c1-3-22-21(24-15-16-7-8-19(28-2)18(27)14-16)25-17-9-12-26(13-10-17)20-6-4-5-11-23-20;/h4-8,11,14,17,27H,3,9-10,12-13,15H2,1-2H3,(H2,22,24,25);1H. The summed E-state index contributed by atoms with van der Waals surface area (Å²) >= 11 is 0. The van der Waals surface area contributed by atoms with Crippen molar-refractivity contribution in [2.45, 2.75) is 32.4 Å². The number of methoxy groups -OCH3 is 1. The first-order valence-corrected chi connectivity index (χ1v) is 9.76. The topological polar surface area (TPSA) is 82.0 Å². The van der Waals surface area contributed by atoms with Crippen molar-refractivity contribution in [3.8, 4) is 11.5 Å². The predicted octanol–water partition coefficient (Wildman–Crippen LogP) is 3.14. The third-order valence-electron chi connectivity index (χ3n) is 4.82. The Bertz CT molecular complexity index is 780. The van der Waals surface area contributed by atoms with E-state index in [2.05, 4.69) is 38.5 Å². The second-order valence-electron chi connectivity index (χ2n) is 6.79. The first kappa shape index (κ1) is 23.1. The molecule has 0 atom stereocenters. The molecule has 2 aromatic rings. The molecule has 0 unspecified atom stereocenters. The fourth-order valence-corrected chi connectivity index (χ4v) is 3.31. The SMILES string of the molecule is CCNC(=NCc1ccc(OC)c(O)c1)NC1CCN(c2ccccn2)CC1.I. The molecule has 0 aliphatic carbocycles. The number of phenols is 1. The summed E-state index contributed by atoms with van der Waals surface area (Å²) in [7, 11) is 1.54. The number of hydrogen-bond donors (Lipinski definition) is 3. The maximum atomic E-state index is 9.93. The van der Waals surface area contributed by atoms with E-state index >= 15 is 0 Å². The van der Waals surface area contributed by atoms with Crippen LogP contribution in [0.15, 0.2) is 47.6 Å². The number of rotatable bonds is 6. The number of benzene rings is 1. The van der Waals surface area contributed by atoms with E-state index in [1.807, 2.05) is 24.4 Å². The Morgan fingerprint density at radius 2 is 2.07 bits per heavy atom. The highest BCUT2D eigenvalue weighted by Gasteiger charge is 2.20. The number of ether oxygens (including phenoxy) is 1. The van der Waals surface area contributed by atoms with Gasteiger partial charge < -0.3 is 25.4 Å². The smallest absolute Gasteiger partial charge is 0.191 e. The Morgan fingerprint density at radius 1 is 1.28 bits per heavy atom.